The summed E-state index contributed by atoms with van der Waals surface area (Å²) in [4.78, 5) is 19.5. The minimum Gasteiger partial charge on any atom is -0.492 e. The molecule has 1 fully saturated rings. The lowest BCUT2D eigenvalue weighted by Gasteiger charge is -2.29. The molecule has 0 saturated heterocycles. The Bertz CT molecular complexity index is 1310. The molecule has 0 amide bonds. The second-order valence-electron chi connectivity index (χ2n) is 8.10. The number of aromatic hydroxyl groups is 1. The normalized spacial score (nSPS) is 18.5. The van der Waals surface area contributed by atoms with E-state index in [2.05, 4.69) is 20.2 Å². The number of rotatable bonds is 6. The van der Waals surface area contributed by atoms with Crippen LogP contribution in [-0.2, 0) is 6.54 Å². The Kier molecular flexibility index (Phi) is 5.37. The number of fused-ring (bicyclic) bond motifs is 1. The van der Waals surface area contributed by atoms with E-state index in [0.29, 0.717) is 29.2 Å². The number of hydrogen-bond donors (Lipinski definition) is 2. The van der Waals surface area contributed by atoms with Gasteiger partial charge in [-0.05, 0) is 43.7 Å². The van der Waals surface area contributed by atoms with E-state index in [0.717, 1.165) is 25.7 Å². The van der Waals surface area contributed by atoms with Crippen LogP contribution in [0.15, 0.2) is 42.9 Å². The van der Waals surface area contributed by atoms with Crippen molar-refractivity contribution in [2.45, 2.75) is 38.3 Å². The first-order valence-corrected chi connectivity index (χ1v) is 10.6. The highest BCUT2D eigenvalue weighted by molar-refractivity contribution is 5.87. The smallest absolute Gasteiger partial charge is 0.338 e. The van der Waals surface area contributed by atoms with Crippen molar-refractivity contribution in [1.29, 1.82) is 0 Å². The molecule has 1 aromatic carbocycles. The third kappa shape index (κ3) is 4.34. The van der Waals surface area contributed by atoms with Crippen molar-refractivity contribution in [3.05, 3.63) is 54.2 Å². The van der Waals surface area contributed by atoms with Crippen LogP contribution in [0, 0.1) is 11.7 Å². The molecule has 3 aromatic heterocycles. The molecule has 4 aromatic rings. The summed E-state index contributed by atoms with van der Waals surface area (Å²) in [7, 11) is 0. The first-order chi connectivity index (χ1) is 16.0. The molecular weight excluding hydrogens is 431 g/mol. The molecule has 0 bridgehead atoms. The molecule has 0 radical (unpaired) electrons. The molecule has 0 spiro atoms. The standard InChI is InChI=1S/C22H21FN6O4/c23-15-2-1-3-17(8-15)33-16-6-4-13(5-7-16)11-28-19-18(10-25-28)26-22(27-20(19)30)29-12-14(9-24-29)21(31)32/h1-3,8-10,12-13,16H,4-7,11H2,(H,31,32)(H,26,27,30)/t13-,16-. The van der Waals surface area contributed by atoms with Gasteiger partial charge in [0.15, 0.2) is 0 Å². The van der Waals surface area contributed by atoms with Crippen LogP contribution in [0.2, 0.25) is 0 Å². The maximum Gasteiger partial charge on any atom is 0.338 e. The van der Waals surface area contributed by atoms with Gasteiger partial charge in [0, 0.05) is 18.8 Å². The highest BCUT2D eigenvalue weighted by atomic mass is 19.1. The van der Waals surface area contributed by atoms with Gasteiger partial charge < -0.3 is 14.9 Å². The first kappa shape index (κ1) is 20.9. The minimum absolute atomic E-state index is 0.00846. The zero-order valence-electron chi connectivity index (χ0n) is 17.5. The fraction of sp³-hybridized carbons (Fsp3) is 0.318. The number of benzene rings is 1. The van der Waals surface area contributed by atoms with Crippen molar-refractivity contribution in [2.75, 3.05) is 0 Å². The van der Waals surface area contributed by atoms with Gasteiger partial charge in [-0.25, -0.2) is 18.9 Å². The molecule has 3 heterocycles. The van der Waals surface area contributed by atoms with E-state index >= 15 is 0 Å². The summed E-state index contributed by atoms with van der Waals surface area (Å²) < 4.78 is 22.2. The average Bonchev–Trinajstić information content (AvgIpc) is 3.43. The van der Waals surface area contributed by atoms with Crippen molar-refractivity contribution in [1.82, 2.24) is 29.5 Å². The topological polar surface area (TPSA) is 128 Å². The molecule has 170 valence electrons. The lowest BCUT2D eigenvalue weighted by molar-refractivity contribution is 0.0697. The zero-order valence-corrected chi connectivity index (χ0v) is 17.5. The van der Waals surface area contributed by atoms with Gasteiger partial charge >= 0.3 is 5.97 Å². The van der Waals surface area contributed by atoms with Crippen LogP contribution in [0.1, 0.15) is 36.0 Å². The van der Waals surface area contributed by atoms with Gasteiger partial charge in [0.1, 0.15) is 22.6 Å². The summed E-state index contributed by atoms with van der Waals surface area (Å²) in [6, 6.07) is 6.18. The summed E-state index contributed by atoms with van der Waals surface area (Å²) in [6.07, 6.45) is 7.55. The third-order valence-electron chi connectivity index (χ3n) is 5.82. The van der Waals surface area contributed by atoms with Crippen molar-refractivity contribution >= 4 is 17.0 Å². The number of aromatic carboxylic acids is 1. The number of aromatic nitrogens is 6. The largest absolute Gasteiger partial charge is 0.492 e. The number of nitrogens with zero attached hydrogens (tertiary/aromatic N) is 6. The van der Waals surface area contributed by atoms with Crippen molar-refractivity contribution < 1.29 is 24.1 Å². The van der Waals surface area contributed by atoms with Crippen LogP contribution >= 0.6 is 0 Å². The second kappa shape index (κ2) is 8.49. The summed E-state index contributed by atoms with van der Waals surface area (Å²) in [5.41, 5.74) is 0.848. The maximum atomic E-state index is 13.4. The molecule has 1 aliphatic rings. The molecule has 1 saturated carbocycles. The molecule has 10 nitrogen and oxygen atoms in total. The molecule has 1 aliphatic carbocycles. The summed E-state index contributed by atoms with van der Waals surface area (Å²) >= 11 is 0. The molecule has 11 heteroatoms. The molecule has 2 N–H and O–H groups in total. The number of carbonyl (C=O) groups is 1. The Balaban J connectivity index is 1.26. The van der Waals surface area contributed by atoms with Crippen LogP contribution in [0.4, 0.5) is 4.39 Å². The van der Waals surface area contributed by atoms with Crippen molar-refractivity contribution in [3.63, 3.8) is 0 Å². The molecule has 0 atom stereocenters. The Morgan fingerprint density at radius 3 is 2.70 bits per heavy atom. The summed E-state index contributed by atoms with van der Waals surface area (Å²) in [5, 5.41) is 27.9. The van der Waals surface area contributed by atoms with Gasteiger partial charge in [-0.3, -0.25) is 4.68 Å². The number of halogens is 1. The van der Waals surface area contributed by atoms with Crippen LogP contribution in [0.5, 0.6) is 11.6 Å². The van der Waals surface area contributed by atoms with Crippen LogP contribution in [0.25, 0.3) is 17.0 Å². The maximum absolute atomic E-state index is 13.4. The van der Waals surface area contributed by atoms with Gasteiger partial charge in [0.2, 0.25) is 5.88 Å². The highest BCUT2D eigenvalue weighted by Crippen LogP contribution is 2.31. The molecule has 0 aliphatic heterocycles. The van der Waals surface area contributed by atoms with Crippen LogP contribution < -0.4 is 4.74 Å². The quantitative estimate of drug-likeness (QED) is 0.456. The Morgan fingerprint density at radius 1 is 1.15 bits per heavy atom. The predicted octanol–water partition coefficient (Wildman–Crippen LogP) is 3.19. The number of carboxylic acids is 1. The Hall–Kier alpha value is -4.02. The van der Waals surface area contributed by atoms with Gasteiger partial charge in [0.25, 0.3) is 5.95 Å². The van der Waals surface area contributed by atoms with E-state index in [1.54, 1.807) is 23.0 Å². The molecule has 5 rings (SSSR count). The Morgan fingerprint density at radius 2 is 1.97 bits per heavy atom. The third-order valence-corrected chi connectivity index (χ3v) is 5.82. The number of ether oxygens (including phenoxy) is 1. The zero-order chi connectivity index (χ0) is 22.9. The van der Waals surface area contributed by atoms with Crippen molar-refractivity contribution in [2.24, 2.45) is 5.92 Å². The highest BCUT2D eigenvalue weighted by Gasteiger charge is 2.25. The minimum atomic E-state index is -1.12. The van der Waals surface area contributed by atoms with Gasteiger partial charge in [-0.15, -0.1) is 0 Å². The van der Waals surface area contributed by atoms with Crippen LogP contribution in [0.3, 0.4) is 0 Å². The lowest BCUT2D eigenvalue weighted by Crippen LogP contribution is -2.26. The van der Waals surface area contributed by atoms with Crippen LogP contribution in [-0.4, -0.2) is 51.8 Å². The summed E-state index contributed by atoms with van der Waals surface area (Å²) in [6.45, 7) is 0.595. The van der Waals surface area contributed by atoms with E-state index in [1.807, 2.05) is 0 Å². The first-order valence-electron chi connectivity index (χ1n) is 10.6. The molecule has 0 unspecified atom stereocenters. The second-order valence-corrected chi connectivity index (χ2v) is 8.10. The fourth-order valence-electron chi connectivity index (χ4n) is 4.16. The van der Waals surface area contributed by atoms with Gasteiger partial charge in [0.05, 0.1) is 24.1 Å². The number of carboxylic acid groups (broad SMARTS) is 1. The average molecular weight is 452 g/mol. The Labute approximate surface area is 187 Å². The van der Waals surface area contributed by atoms with E-state index in [-0.39, 0.29) is 29.3 Å². The fourth-order valence-corrected chi connectivity index (χ4v) is 4.16. The molecular formula is C22H21FN6O4. The molecule has 33 heavy (non-hydrogen) atoms. The van der Waals surface area contributed by atoms with Gasteiger partial charge in [-0.1, -0.05) is 6.07 Å². The SMILES string of the molecule is O=C(O)c1cnn(-c2nc(O)c3c(cnn3C[C@H]3CC[C@H](Oc4cccc(F)c4)CC3)n2)c1. The number of hydrogen-bond acceptors (Lipinski definition) is 7. The monoisotopic (exact) mass is 452 g/mol. The van der Waals surface area contributed by atoms with E-state index in [4.69, 9.17) is 9.84 Å². The van der Waals surface area contributed by atoms with Gasteiger partial charge in [-0.2, -0.15) is 15.2 Å². The lowest BCUT2D eigenvalue weighted by atomic mass is 9.87. The van der Waals surface area contributed by atoms with E-state index in [1.165, 1.54) is 29.2 Å². The van der Waals surface area contributed by atoms with Crippen molar-refractivity contribution in [3.8, 4) is 17.6 Å². The van der Waals surface area contributed by atoms with E-state index in [9.17, 15) is 14.3 Å². The summed E-state index contributed by atoms with van der Waals surface area (Å²) in [5.74, 6) is -0.738. The van der Waals surface area contributed by atoms with E-state index < -0.39 is 5.97 Å². The predicted molar refractivity (Wildman–Crippen MR) is 114 cm³/mol.